The SMILES string of the molecule is C#CCN(CC)C(=O)c1ccc(OC)c(Br)c1. The Labute approximate surface area is 110 Å². The van der Waals surface area contributed by atoms with E-state index in [0.717, 1.165) is 4.47 Å². The van der Waals surface area contributed by atoms with Crippen molar-refractivity contribution in [3.63, 3.8) is 0 Å². The molecule has 0 saturated carbocycles. The van der Waals surface area contributed by atoms with Gasteiger partial charge in [0, 0.05) is 12.1 Å². The lowest BCUT2D eigenvalue weighted by atomic mass is 10.2. The third-order valence-corrected chi connectivity index (χ3v) is 2.97. The van der Waals surface area contributed by atoms with E-state index in [1.807, 2.05) is 6.92 Å². The van der Waals surface area contributed by atoms with Crippen molar-refractivity contribution in [2.45, 2.75) is 6.92 Å². The Bertz CT molecular complexity index is 451. The van der Waals surface area contributed by atoms with Gasteiger partial charge in [-0.2, -0.15) is 0 Å². The first-order valence-electron chi connectivity index (χ1n) is 5.20. The number of carbonyl (C=O) groups excluding carboxylic acids is 1. The van der Waals surface area contributed by atoms with Gasteiger partial charge in [-0.3, -0.25) is 4.79 Å². The smallest absolute Gasteiger partial charge is 0.254 e. The summed E-state index contributed by atoms with van der Waals surface area (Å²) in [5.74, 6) is 3.10. The topological polar surface area (TPSA) is 29.5 Å². The minimum absolute atomic E-state index is 0.0752. The van der Waals surface area contributed by atoms with E-state index in [4.69, 9.17) is 11.2 Å². The van der Waals surface area contributed by atoms with E-state index >= 15 is 0 Å². The summed E-state index contributed by atoms with van der Waals surface area (Å²) in [5.41, 5.74) is 0.592. The molecular weight excluding hydrogens is 282 g/mol. The molecule has 0 aromatic heterocycles. The molecule has 0 N–H and O–H groups in total. The highest BCUT2D eigenvalue weighted by atomic mass is 79.9. The number of ether oxygens (including phenoxy) is 1. The summed E-state index contributed by atoms with van der Waals surface area (Å²) in [4.78, 5) is 13.7. The van der Waals surface area contributed by atoms with Gasteiger partial charge in [-0.25, -0.2) is 0 Å². The van der Waals surface area contributed by atoms with E-state index in [1.54, 1.807) is 30.2 Å². The van der Waals surface area contributed by atoms with Crippen LogP contribution >= 0.6 is 15.9 Å². The second-order valence-electron chi connectivity index (χ2n) is 3.37. The number of nitrogens with zero attached hydrogens (tertiary/aromatic N) is 1. The molecule has 0 aliphatic heterocycles. The van der Waals surface area contributed by atoms with Crippen LogP contribution < -0.4 is 4.74 Å². The van der Waals surface area contributed by atoms with Crippen molar-refractivity contribution in [1.82, 2.24) is 4.90 Å². The second kappa shape index (κ2) is 6.31. The van der Waals surface area contributed by atoms with Crippen LogP contribution in [0.1, 0.15) is 17.3 Å². The van der Waals surface area contributed by atoms with Crippen LogP contribution in [0.5, 0.6) is 5.75 Å². The van der Waals surface area contributed by atoms with Crippen LogP contribution in [-0.2, 0) is 0 Å². The fourth-order valence-corrected chi connectivity index (χ4v) is 1.96. The van der Waals surface area contributed by atoms with Crippen LogP contribution in [0, 0.1) is 12.3 Å². The number of benzene rings is 1. The predicted octanol–water partition coefficient (Wildman–Crippen LogP) is 2.55. The fourth-order valence-electron chi connectivity index (χ4n) is 1.42. The fraction of sp³-hybridized carbons (Fsp3) is 0.308. The van der Waals surface area contributed by atoms with Crippen molar-refractivity contribution in [1.29, 1.82) is 0 Å². The Morgan fingerprint density at radius 2 is 2.29 bits per heavy atom. The molecule has 0 bridgehead atoms. The average molecular weight is 296 g/mol. The summed E-state index contributed by atoms with van der Waals surface area (Å²) in [6.07, 6.45) is 5.22. The normalized spacial score (nSPS) is 9.53. The third kappa shape index (κ3) is 3.24. The molecule has 0 radical (unpaired) electrons. The number of rotatable bonds is 4. The van der Waals surface area contributed by atoms with Gasteiger partial charge in [-0.1, -0.05) is 5.92 Å². The number of hydrogen-bond donors (Lipinski definition) is 0. The van der Waals surface area contributed by atoms with E-state index in [0.29, 0.717) is 24.4 Å². The second-order valence-corrected chi connectivity index (χ2v) is 4.23. The Kier molecular flexibility index (Phi) is 5.05. The van der Waals surface area contributed by atoms with E-state index in [2.05, 4.69) is 21.9 Å². The molecule has 0 atom stereocenters. The summed E-state index contributed by atoms with van der Waals surface area (Å²) < 4.78 is 5.86. The van der Waals surface area contributed by atoms with E-state index < -0.39 is 0 Å². The summed E-state index contributed by atoms with van der Waals surface area (Å²) in [5, 5.41) is 0. The van der Waals surface area contributed by atoms with Crippen molar-refractivity contribution >= 4 is 21.8 Å². The maximum Gasteiger partial charge on any atom is 0.254 e. The van der Waals surface area contributed by atoms with Crippen LogP contribution in [-0.4, -0.2) is 31.0 Å². The highest BCUT2D eigenvalue weighted by Gasteiger charge is 2.14. The lowest BCUT2D eigenvalue weighted by Gasteiger charge is -2.18. The van der Waals surface area contributed by atoms with Gasteiger partial charge in [0.25, 0.3) is 5.91 Å². The van der Waals surface area contributed by atoms with Crippen molar-refractivity contribution in [3.05, 3.63) is 28.2 Å². The molecule has 0 saturated heterocycles. The average Bonchev–Trinajstić information content (AvgIpc) is 2.35. The zero-order valence-electron chi connectivity index (χ0n) is 9.87. The van der Waals surface area contributed by atoms with Crippen LogP contribution in [0.4, 0.5) is 0 Å². The van der Waals surface area contributed by atoms with Gasteiger partial charge >= 0.3 is 0 Å². The van der Waals surface area contributed by atoms with Crippen LogP contribution in [0.25, 0.3) is 0 Å². The van der Waals surface area contributed by atoms with Crippen LogP contribution in [0.15, 0.2) is 22.7 Å². The van der Waals surface area contributed by atoms with Crippen molar-refractivity contribution in [3.8, 4) is 18.1 Å². The van der Waals surface area contributed by atoms with E-state index in [-0.39, 0.29) is 5.91 Å². The van der Waals surface area contributed by atoms with Gasteiger partial charge < -0.3 is 9.64 Å². The standard InChI is InChI=1S/C13H14BrNO2/c1-4-8-15(5-2)13(16)10-6-7-12(17-3)11(14)9-10/h1,6-7,9H,5,8H2,2-3H3. The molecule has 0 aliphatic rings. The zero-order chi connectivity index (χ0) is 12.8. The minimum atomic E-state index is -0.0752. The summed E-state index contributed by atoms with van der Waals surface area (Å²) >= 11 is 3.35. The van der Waals surface area contributed by atoms with Gasteiger partial charge in [-0.05, 0) is 41.1 Å². The van der Waals surface area contributed by atoms with Crippen LogP contribution in [0.3, 0.4) is 0 Å². The molecule has 4 heteroatoms. The molecule has 0 aliphatic carbocycles. The lowest BCUT2D eigenvalue weighted by molar-refractivity contribution is 0.0785. The lowest BCUT2D eigenvalue weighted by Crippen LogP contribution is -2.31. The number of amides is 1. The first kappa shape index (κ1) is 13.6. The molecule has 90 valence electrons. The maximum atomic E-state index is 12.1. The molecule has 17 heavy (non-hydrogen) atoms. The van der Waals surface area contributed by atoms with Crippen molar-refractivity contribution < 1.29 is 9.53 Å². The summed E-state index contributed by atoms with van der Waals surface area (Å²) in [6.45, 7) is 2.81. The summed E-state index contributed by atoms with van der Waals surface area (Å²) in [7, 11) is 1.58. The van der Waals surface area contributed by atoms with Gasteiger partial charge in [0.2, 0.25) is 0 Å². The zero-order valence-corrected chi connectivity index (χ0v) is 11.5. The highest BCUT2D eigenvalue weighted by molar-refractivity contribution is 9.10. The molecule has 0 unspecified atom stereocenters. The molecule has 1 amide bonds. The summed E-state index contributed by atoms with van der Waals surface area (Å²) in [6, 6.07) is 5.21. The molecule has 1 rings (SSSR count). The molecule has 0 heterocycles. The van der Waals surface area contributed by atoms with Crippen molar-refractivity contribution in [2.75, 3.05) is 20.2 Å². The van der Waals surface area contributed by atoms with Crippen molar-refractivity contribution in [2.24, 2.45) is 0 Å². The predicted molar refractivity (Wildman–Crippen MR) is 71.1 cm³/mol. The Balaban J connectivity index is 2.97. The molecule has 3 nitrogen and oxygen atoms in total. The molecular formula is C13H14BrNO2. The Morgan fingerprint density at radius 1 is 1.59 bits per heavy atom. The van der Waals surface area contributed by atoms with Gasteiger partial charge in [0.1, 0.15) is 5.75 Å². The number of terminal acetylenes is 1. The first-order valence-corrected chi connectivity index (χ1v) is 5.99. The number of carbonyl (C=O) groups is 1. The monoisotopic (exact) mass is 295 g/mol. The molecule has 0 spiro atoms. The maximum absolute atomic E-state index is 12.1. The van der Waals surface area contributed by atoms with E-state index in [1.165, 1.54) is 0 Å². The molecule has 1 aromatic carbocycles. The van der Waals surface area contributed by atoms with E-state index in [9.17, 15) is 4.79 Å². The minimum Gasteiger partial charge on any atom is -0.496 e. The van der Waals surface area contributed by atoms with Gasteiger partial charge in [-0.15, -0.1) is 6.42 Å². The Hall–Kier alpha value is -1.47. The number of methoxy groups -OCH3 is 1. The highest BCUT2D eigenvalue weighted by Crippen LogP contribution is 2.25. The third-order valence-electron chi connectivity index (χ3n) is 2.35. The largest absolute Gasteiger partial charge is 0.496 e. The number of halogens is 1. The number of hydrogen-bond acceptors (Lipinski definition) is 2. The van der Waals surface area contributed by atoms with Crippen LogP contribution in [0.2, 0.25) is 0 Å². The Morgan fingerprint density at radius 3 is 2.76 bits per heavy atom. The first-order chi connectivity index (χ1) is 8.13. The van der Waals surface area contributed by atoms with Gasteiger partial charge in [0.15, 0.2) is 0 Å². The quantitative estimate of drug-likeness (QED) is 0.799. The molecule has 0 fully saturated rings. The van der Waals surface area contributed by atoms with Gasteiger partial charge in [0.05, 0.1) is 18.1 Å². The molecule has 1 aromatic rings.